The Morgan fingerprint density at radius 1 is 1.28 bits per heavy atom. The summed E-state index contributed by atoms with van der Waals surface area (Å²) in [5.74, 6) is 0.322. The van der Waals surface area contributed by atoms with Crippen molar-refractivity contribution in [3.05, 3.63) is 35.9 Å². The van der Waals surface area contributed by atoms with Crippen LogP contribution in [-0.4, -0.2) is 40.6 Å². The van der Waals surface area contributed by atoms with Crippen LogP contribution in [0.5, 0.6) is 0 Å². The number of hydrogen-bond donors (Lipinski definition) is 2. The summed E-state index contributed by atoms with van der Waals surface area (Å²) in [5.41, 5.74) is 0.251. The Kier molecular flexibility index (Phi) is 6.47. The minimum atomic E-state index is -0.810. The van der Waals surface area contributed by atoms with E-state index in [-0.39, 0.29) is 11.0 Å². The van der Waals surface area contributed by atoms with E-state index in [1.807, 2.05) is 30.3 Å². The molecule has 1 fully saturated rings. The van der Waals surface area contributed by atoms with Gasteiger partial charge in [0.2, 0.25) is 11.0 Å². The number of ether oxygens (including phenoxy) is 1. The van der Waals surface area contributed by atoms with Gasteiger partial charge in [0, 0.05) is 12.2 Å². The van der Waals surface area contributed by atoms with E-state index >= 15 is 0 Å². The van der Waals surface area contributed by atoms with Crippen molar-refractivity contribution in [2.75, 3.05) is 5.75 Å². The Morgan fingerprint density at radius 3 is 2.52 bits per heavy atom. The predicted octanol–water partition coefficient (Wildman–Crippen LogP) is 2.27. The summed E-state index contributed by atoms with van der Waals surface area (Å²) in [4.78, 5) is 36.4. The lowest BCUT2D eigenvalue weighted by molar-refractivity contribution is -0.126. The first-order chi connectivity index (χ1) is 11.7. The third-order valence-corrected chi connectivity index (χ3v) is 4.55. The molecular formula is C18H24N2O4S. The Balaban J connectivity index is 2.06. The number of rotatable bonds is 5. The van der Waals surface area contributed by atoms with Crippen molar-refractivity contribution in [1.82, 2.24) is 10.6 Å². The van der Waals surface area contributed by atoms with Crippen molar-refractivity contribution in [2.45, 2.75) is 51.3 Å². The number of amides is 2. The zero-order valence-corrected chi connectivity index (χ0v) is 15.5. The van der Waals surface area contributed by atoms with Crippen LogP contribution in [0.3, 0.4) is 0 Å². The summed E-state index contributed by atoms with van der Waals surface area (Å²) < 4.78 is 5.25. The van der Waals surface area contributed by atoms with Crippen molar-refractivity contribution in [1.29, 1.82) is 0 Å². The predicted molar refractivity (Wildman–Crippen MR) is 97.3 cm³/mol. The van der Waals surface area contributed by atoms with Crippen molar-refractivity contribution >= 4 is 28.9 Å². The highest BCUT2D eigenvalue weighted by Gasteiger charge is 2.31. The molecule has 1 unspecified atom stereocenters. The van der Waals surface area contributed by atoms with E-state index in [2.05, 4.69) is 10.6 Å². The average molecular weight is 364 g/mol. The van der Waals surface area contributed by atoms with Gasteiger partial charge in [-0.1, -0.05) is 42.1 Å². The molecule has 25 heavy (non-hydrogen) atoms. The summed E-state index contributed by atoms with van der Waals surface area (Å²) in [5, 5.41) is 5.32. The molecule has 1 heterocycles. The second kappa shape index (κ2) is 8.38. The molecular weight excluding hydrogens is 340 g/mol. The monoisotopic (exact) mass is 364 g/mol. The molecule has 1 aliphatic heterocycles. The summed E-state index contributed by atoms with van der Waals surface area (Å²) >= 11 is 1.22. The largest absolute Gasteiger partial charge is 0.444 e. The van der Waals surface area contributed by atoms with Gasteiger partial charge in [0.1, 0.15) is 11.6 Å². The van der Waals surface area contributed by atoms with Crippen LogP contribution < -0.4 is 10.6 Å². The number of hydrogen-bond acceptors (Lipinski definition) is 5. The van der Waals surface area contributed by atoms with Gasteiger partial charge < -0.3 is 15.4 Å². The van der Waals surface area contributed by atoms with E-state index in [4.69, 9.17) is 4.74 Å². The third kappa shape index (κ3) is 6.42. The van der Waals surface area contributed by atoms with Crippen molar-refractivity contribution in [3.8, 4) is 0 Å². The first-order valence-electron chi connectivity index (χ1n) is 8.25. The fourth-order valence-corrected chi connectivity index (χ4v) is 3.34. The molecule has 1 saturated heterocycles. The van der Waals surface area contributed by atoms with Gasteiger partial charge in [0.15, 0.2) is 0 Å². The molecule has 1 aromatic rings. The van der Waals surface area contributed by atoms with E-state index in [1.165, 1.54) is 11.8 Å². The smallest absolute Gasteiger partial charge is 0.408 e. The highest BCUT2D eigenvalue weighted by Crippen LogP contribution is 2.19. The Morgan fingerprint density at radius 2 is 1.96 bits per heavy atom. The van der Waals surface area contributed by atoms with Crippen LogP contribution in [0.1, 0.15) is 32.8 Å². The molecule has 0 spiro atoms. The van der Waals surface area contributed by atoms with E-state index in [0.29, 0.717) is 18.6 Å². The molecule has 2 rings (SSSR count). The topological polar surface area (TPSA) is 84.5 Å². The fraction of sp³-hybridized carbons (Fsp3) is 0.500. The van der Waals surface area contributed by atoms with Gasteiger partial charge in [-0.15, -0.1) is 0 Å². The van der Waals surface area contributed by atoms with E-state index in [9.17, 15) is 14.4 Å². The molecule has 2 N–H and O–H groups in total. The highest BCUT2D eigenvalue weighted by atomic mass is 32.2. The molecule has 6 nitrogen and oxygen atoms in total. The van der Waals surface area contributed by atoms with Crippen LogP contribution in [0.4, 0.5) is 4.79 Å². The number of thioether (sulfide) groups is 1. The van der Waals surface area contributed by atoms with Crippen LogP contribution >= 0.6 is 11.8 Å². The minimum absolute atomic E-state index is 0.0379. The highest BCUT2D eigenvalue weighted by molar-refractivity contribution is 8.14. The lowest BCUT2D eigenvalue weighted by atomic mass is 10.0. The molecule has 2 atom stereocenters. The zero-order valence-electron chi connectivity index (χ0n) is 14.7. The Bertz CT molecular complexity index is 628. The van der Waals surface area contributed by atoms with Crippen LogP contribution in [-0.2, 0) is 20.7 Å². The summed E-state index contributed by atoms with van der Waals surface area (Å²) in [7, 11) is 0. The molecule has 0 saturated carbocycles. The average Bonchev–Trinajstić information content (AvgIpc) is 2.91. The van der Waals surface area contributed by atoms with Gasteiger partial charge in [-0.25, -0.2) is 4.79 Å². The van der Waals surface area contributed by atoms with Gasteiger partial charge in [-0.2, -0.15) is 0 Å². The zero-order chi connectivity index (χ0) is 18.4. The number of carbonyl (C=O) groups excluding carboxylic acids is 3. The number of benzene rings is 1. The SMILES string of the molecule is CC(C)(C)OC(=O)N[C@@H](Cc1ccccc1)C(=O)NC1CCSC1=O. The van der Waals surface area contributed by atoms with Crippen molar-refractivity contribution < 1.29 is 19.1 Å². The molecule has 7 heteroatoms. The first-order valence-corrected chi connectivity index (χ1v) is 9.23. The molecule has 2 amide bonds. The van der Waals surface area contributed by atoms with Gasteiger partial charge in [-0.3, -0.25) is 9.59 Å². The number of nitrogens with one attached hydrogen (secondary N) is 2. The fourth-order valence-electron chi connectivity index (χ4n) is 2.41. The normalized spacial score (nSPS) is 18.5. The summed E-state index contributed by atoms with van der Waals surface area (Å²) in [6, 6.07) is 8.09. The molecule has 0 bridgehead atoms. The van der Waals surface area contributed by atoms with E-state index in [1.54, 1.807) is 20.8 Å². The van der Waals surface area contributed by atoms with Crippen molar-refractivity contribution in [3.63, 3.8) is 0 Å². The van der Waals surface area contributed by atoms with Crippen LogP contribution in [0, 0.1) is 0 Å². The van der Waals surface area contributed by atoms with Crippen LogP contribution in [0.15, 0.2) is 30.3 Å². The quantitative estimate of drug-likeness (QED) is 0.837. The Hall–Kier alpha value is -2.02. The number of alkyl carbamates (subject to hydrolysis) is 1. The molecule has 1 aromatic carbocycles. The molecule has 0 aromatic heterocycles. The standard InChI is InChI=1S/C18H24N2O4S/c1-18(2,3)24-17(23)20-14(11-12-7-5-4-6-8-12)15(21)19-13-9-10-25-16(13)22/h4-8,13-14H,9-11H2,1-3H3,(H,19,21)(H,20,23)/t13?,14-/m0/s1. The van der Waals surface area contributed by atoms with Gasteiger partial charge >= 0.3 is 6.09 Å². The van der Waals surface area contributed by atoms with Gasteiger partial charge in [0.05, 0.1) is 6.04 Å². The van der Waals surface area contributed by atoms with Gasteiger partial charge in [0.25, 0.3) is 0 Å². The van der Waals surface area contributed by atoms with Gasteiger partial charge in [-0.05, 0) is 32.8 Å². The Labute approximate surface area is 152 Å². The molecule has 136 valence electrons. The summed E-state index contributed by atoms with van der Waals surface area (Å²) in [6.45, 7) is 5.27. The third-order valence-electron chi connectivity index (χ3n) is 3.54. The van der Waals surface area contributed by atoms with Crippen LogP contribution in [0.25, 0.3) is 0 Å². The first kappa shape index (κ1) is 19.3. The van der Waals surface area contributed by atoms with E-state index < -0.39 is 23.8 Å². The molecule has 0 radical (unpaired) electrons. The summed E-state index contributed by atoms with van der Waals surface area (Å²) in [6.07, 6.45) is 0.274. The second-order valence-corrected chi connectivity index (χ2v) is 8.01. The van der Waals surface area contributed by atoms with Crippen LogP contribution in [0.2, 0.25) is 0 Å². The maximum atomic E-state index is 12.6. The lowest BCUT2D eigenvalue weighted by Gasteiger charge is -2.24. The molecule has 1 aliphatic rings. The lowest BCUT2D eigenvalue weighted by Crippen LogP contribution is -2.52. The van der Waals surface area contributed by atoms with Crippen molar-refractivity contribution in [2.24, 2.45) is 0 Å². The maximum absolute atomic E-state index is 12.6. The maximum Gasteiger partial charge on any atom is 0.408 e. The second-order valence-electron chi connectivity index (χ2n) is 6.91. The van der Waals surface area contributed by atoms with E-state index in [0.717, 1.165) is 5.56 Å². The molecule has 0 aliphatic carbocycles. The minimum Gasteiger partial charge on any atom is -0.444 e. The number of carbonyl (C=O) groups is 3.